The summed E-state index contributed by atoms with van der Waals surface area (Å²) in [5, 5.41) is 0. The average molecular weight is 374 g/mol. The minimum absolute atomic E-state index is 0.372. The monoisotopic (exact) mass is 373 g/mol. The molecule has 0 aliphatic rings. The summed E-state index contributed by atoms with van der Waals surface area (Å²) in [5.41, 5.74) is 1.80. The van der Waals surface area contributed by atoms with Gasteiger partial charge in [-0.3, -0.25) is 4.31 Å². The Morgan fingerprint density at radius 1 is 1.20 bits per heavy atom. The Hall–Kier alpha value is -0.850. The lowest BCUT2D eigenvalue weighted by Gasteiger charge is -2.22. The van der Waals surface area contributed by atoms with Crippen molar-refractivity contribution in [2.45, 2.75) is 25.7 Å². The Bertz CT molecular complexity index is 705. The molecule has 1 heterocycles. The van der Waals surface area contributed by atoms with Crippen LogP contribution >= 0.6 is 27.3 Å². The van der Waals surface area contributed by atoms with E-state index in [0.29, 0.717) is 17.1 Å². The molecule has 0 aliphatic heterocycles. The SMILES string of the molecule is CCN(c1ccc(C)cc1)S(=O)(=O)c1cc(Br)sc1C. The van der Waals surface area contributed by atoms with E-state index in [1.165, 1.54) is 15.6 Å². The number of anilines is 1. The van der Waals surface area contributed by atoms with Crippen LogP contribution in [0.3, 0.4) is 0 Å². The molecule has 1 aromatic carbocycles. The van der Waals surface area contributed by atoms with Gasteiger partial charge >= 0.3 is 0 Å². The van der Waals surface area contributed by atoms with Crippen molar-refractivity contribution >= 4 is 43.0 Å². The highest BCUT2D eigenvalue weighted by molar-refractivity contribution is 9.11. The summed E-state index contributed by atoms with van der Waals surface area (Å²) in [7, 11) is -3.51. The van der Waals surface area contributed by atoms with Crippen LogP contribution in [0.25, 0.3) is 0 Å². The predicted octanol–water partition coefficient (Wildman–Crippen LogP) is 4.34. The molecule has 0 saturated heterocycles. The molecule has 0 amide bonds. The number of rotatable bonds is 4. The molecule has 2 rings (SSSR count). The van der Waals surface area contributed by atoms with E-state index < -0.39 is 10.0 Å². The van der Waals surface area contributed by atoms with Gasteiger partial charge in [-0.25, -0.2) is 8.42 Å². The average Bonchev–Trinajstić information content (AvgIpc) is 2.72. The van der Waals surface area contributed by atoms with Crippen LogP contribution in [-0.4, -0.2) is 15.0 Å². The van der Waals surface area contributed by atoms with E-state index in [-0.39, 0.29) is 0 Å². The van der Waals surface area contributed by atoms with E-state index in [1.54, 1.807) is 6.07 Å². The van der Waals surface area contributed by atoms with Crippen molar-refractivity contribution in [3.05, 3.63) is 44.6 Å². The van der Waals surface area contributed by atoms with Crippen LogP contribution in [0, 0.1) is 13.8 Å². The number of aryl methyl sites for hydroxylation is 2. The molecule has 0 saturated carbocycles. The van der Waals surface area contributed by atoms with Crippen molar-refractivity contribution in [1.82, 2.24) is 0 Å². The topological polar surface area (TPSA) is 37.4 Å². The second-order valence-corrected chi connectivity index (χ2v) is 8.94. The highest BCUT2D eigenvalue weighted by atomic mass is 79.9. The van der Waals surface area contributed by atoms with Crippen LogP contribution in [0.15, 0.2) is 39.0 Å². The highest BCUT2D eigenvalue weighted by Crippen LogP contribution is 2.33. The van der Waals surface area contributed by atoms with E-state index in [9.17, 15) is 8.42 Å². The first kappa shape index (κ1) is 15.5. The summed E-state index contributed by atoms with van der Waals surface area (Å²) in [6.45, 7) is 6.05. The van der Waals surface area contributed by atoms with Gasteiger partial charge < -0.3 is 0 Å². The van der Waals surface area contributed by atoms with Gasteiger partial charge in [0.1, 0.15) is 4.90 Å². The fourth-order valence-electron chi connectivity index (χ4n) is 2.01. The smallest absolute Gasteiger partial charge is 0.265 e. The van der Waals surface area contributed by atoms with Gasteiger partial charge in [-0.05, 0) is 54.9 Å². The molecule has 2 aromatic rings. The third kappa shape index (κ3) is 2.92. The molecule has 108 valence electrons. The summed E-state index contributed by atoms with van der Waals surface area (Å²) >= 11 is 4.78. The van der Waals surface area contributed by atoms with E-state index in [2.05, 4.69) is 15.9 Å². The molecule has 0 radical (unpaired) electrons. The lowest BCUT2D eigenvalue weighted by atomic mass is 10.2. The largest absolute Gasteiger partial charge is 0.267 e. The first-order chi connectivity index (χ1) is 9.36. The predicted molar refractivity (Wildman–Crippen MR) is 88.1 cm³/mol. The summed E-state index contributed by atoms with van der Waals surface area (Å²) < 4.78 is 27.9. The van der Waals surface area contributed by atoms with Crippen LogP contribution in [-0.2, 0) is 10.0 Å². The summed E-state index contributed by atoms with van der Waals surface area (Å²) in [5.74, 6) is 0. The van der Waals surface area contributed by atoms with Gasteiger partial charge in [0, 0.05) is 11.4 Å². The van der Waals surface area contributed by atoms with E-state index in [1.807, 2.05) is 45.0 Å². The minimum Gasteiger partial charge on any atom is -0.267 e. The van der Waals surface area contributed by atoms with Crippen LogP contribution in [0.4, 0.5) is 5.69 Å². The van der Waals surface area contributed by atoms with Crippen molar-refractivity contribution in [3.8, 4) is 0 Å². The number of hydrogen-bond acceptors (Lipinski definition) is 3. The van der Waals surface area contributed by atoms with Gasteiger partial charge in [-0.2, -0.15) is 0 Å². The lowest BCUT2D eigenvalue weighted by molar-refractivity contribution is 0.591. The molecule has 0 spiro atoms. The van der Waals surface area contributed by atoms with Crippen LogP contribution in [0.2, 0.25) is 0 Å². The van der Waals surface area contributed by atoms with Gasteiger partial charge in [0.15, 0.2) is 0 Å². The number of benzene rings is 1. The first-order valence-electron chi connectivity index (χ1n) is 6.21. The second-order valence-electron chi connectivity index (χ2n) is 4.48. The molecule has 0 atom stereocenters. The maximum Gasteiger partial charge on any atom is 0.265 e. The number of thiophene rings is 1. The van der Waals surface area contributed by atoms with Crippen LogP contribution in [0.5, 0.6) is 0 Å². The van der Waals surface area contributed by atoms with Crippen molar-refractivity contribution < 1.29 is 8.42 Å². The standard InChI is InChI=1S/C14H16BrNO2S2/c1-4-16(12-7-5-10(2)6-8-12)20(17,18)13-9-14(15)19-11(13)3/h5-9H,4H2,1-3H3. The molecule has 6 heteroatoms. The van der Waals surface area contributed by atoms with Crippen LogP contribution < -0.4 is 4.31 Å². The summed E-state index contributed by atoms with van der Waals surface area (Å²) in [6, 6.07) is 9.19. The van der Waals surface area contributed by atoms with E-state index >= 15 is 0 Å². The molecule has 0 bridgehead atoms. The zero-order valence-corrected chi connectivity index (χ0v) is 14.8. The third-order valence-corrected chi connectivity index (χ3v) is 6.73. The van der Waals surface area contributed by atoms with E-state index in [4.69, 9.17) is 0 Å². The molecule has 0 aliphatic carbocycles. The Morgan fingerprint density at radius 2 is 1.80 bits per heavy atom. The van der Waals surface area contributed by atoms with Crippen LogP contribution in [0.1, 0.15) is 17.4 Å². The van der Waals surface area contributed by atoms with Gasteiger partial charge in [0.25, 0.3) is 10.0 Å². The van der Waals surface area contributed by atoms with Crippen molar-refractivity contribution in [1.29, 1.82) is 0 Å². The van der Waals surface area contributed by atoms with Gasteiger partial charge in [-0.15, -0.1) is 11.3 Å². The van der Waals surface area contributed by atoms with Gasteiger partial charge in [-0.1, -0.05) is 17.7 Å². The summed E-state index contributed by atoms with van der Waals surface area (Å²) in [6.07, 6.45) is 0. The fraction of sp³-hybridized carbons (Fsp3) is 0.286. The van der Waals surface area contributed by atoms with Crippen molar-refractivity contribution in [3.63, 3.8) is 0 Å². The second kappa shape index (κ2) is 5.87. The van der Waals surface area contributed by atoms with E-state index in [0.717, 1.165) is 14.2 Å². The molecule has 20 heavy (non-hydrogen) atoms. The Kier molecular flexibility index (Phi) is 4.56. The number of sulfonamides is 1. The third-order valence-electron chi connectivity index (χ3n) is 3.02. The molecule has 0 fully saturated rings. The Morgan fingerprint density at radius 3 is 2.25 bits per heavy atom. The molecule has 3 nitrogen and oxygen atoms in total. The van der Waals surface area contributed by atoms with Crippen molar-refractivity contribution in [2.75, 3.05) is 10.8 Å². The maximum absolute atomic E-state index is 12.8. The molecule has 0 N–H and O–H groups in total. The highest BCUT2D eigenvalue weighted by Gasteiger charge is 2.26. The van der Waals surface area contributed by atoms with Gasteiger partial charge in [0.2, 0.25) is 0 Å². The lowest BCUT2D eigenvalue weighted by Crippen LogP contribution is -2.30. The molecule has 1 aromatic heterocycles. The number of halogens is 1. The quantitative estimate of drug-likeness (QED) is 0.798. The van der Waals surface area contributed by atoms with Crippen molar-refractivity contribution in [2.24, 2.45) is 0 Å². The first-order valence-corrected chi connectivity index (χ1v) is 9.26. The molecular formula is C14H16BrNO2S2. The molecular weight excluding hydrogens is 358 g/mol. The normalized spacial score (nSPS) is 11.6. The summed E-state index contributed by atoms with van der Waals surface area (Å²) in [4.78, 5) is 1.17. The Balaban J connectivity index is 2.50. The number of hydrogen-bond donors (Lipinski definition) is 0. The maximum atomic E-state index is 12.8. The minimum atomic E-state index is -3.51. The Labute approximate surface area is 132 Å². The fourth-order valence-corrected chi connectivity index (χ4v) is 5.87. The zero-order valence-electron chi connectivity index (χ0n) is 11.6. The zero-order chi connectivity index (χ0) is 14.9. The molecule has 0 unspecified atom stereocenters. The number of nitrogens with zero attached hydrogens (tertiary/aromatic N) is 1. The van der Waals surface area contributed by atoms with Gasteiger partial charge in [0.05, 0.1) is 9.47 Å².